The van der Waals surface area contributed by atoms with Gasteiger partial charge in [-0.1, -0.05) is 36.8 Å². The Morgan fingerprint density at radius 1 is 0.971 bits per heavy atom. The summed E-state index contributed by atoms with van der Waals surface area (Å²) in [5, 5.41) is 3.86. The van der Waals surface area contributed by atoms with Gasteiger partial charge in [0.2, 0.25) is 5.91 Å². The molecule has 2 fully saturated rings. The summed E-state index contributed by atoms with van der Waals surface area (Å²) in [5.74, 6) is 1.93. The van der Waals surface area contributed by atoms with E-state index in [1.165, 1.54) is 16.7 Å². The first-order valence-electron chi connectivity index (χ1n) is 12.7. The first-order chi connectivity index (χ1) is 16.7. The molecule has 6 heteroatoms. The van der Waals surface area contributed by atoms with Crippen LogP contribution in [0.4, 0.5) is 0 Å². The number of benzene rings is 2. The number of amides is 1. The standard InChI is InChI=1S/C28H37N3O3/c1-33-26-15-21-12-14-30-19-25(31-13-8-4-7-11-28(31)32)23(29-18-20-9-5-3-6-10-20)17-24(30)22(21)16-27(26)34-2/h3,5-6,9-10,15-16,23-25,29H,4,7-8,11-14,17-19H2,1-2H3. The Morgan fingerprint density at radius 3 is 2.56 bits per heavy atom. The van der Waals surface area contributed by atoms with Crippen LogP contribution in [0, 0.1) is 0 Å². The van der Waals surface area contributed by atoms with Crippen molar-refractivity contribution in [2.75, 3.05) is 33.9 Å². The highest BCUT2D eigenvalue weighted by molar-refractivity contribution is 5.77. The molecule has 2 aromatic rings. The van der Waals surface area contributed by atoms with Gasteiger partial charge in [-0.3, -0.25) is 9.69 Å². The molecule has 3 aliphatic heterocycles. The number of hydrogen-bond acceptors (Lipinski definition) is 5. The van der Waals surface area contributed by atoms with E-state index in [1.54, 1.807) is 14.2 Å². The van der Waals surface area contributed by atoms with E-state index in [-0.39, 0.29) is 12.1 Å². The molecule has 0 radical (unpaired) electrons. The Labute approximate surface area is 203 Å². The fraction of sp³-hybridized carbons (Fsp3) is 0.536. The van der Waals surface area contributed by atoms with Gasteiger partial charge in [-0.15, -0.1) is 0 Å². The normalized spacial score (nSPS) is 25.3. The summed E-state index contributed by atoms with van der Waals surface area (Å²) in [7, 11) is 3.41. The van der Waals surface area contributed by atoms with E-state index < -0.39 is 0 Å². The van der Waals surface area contributed by atoms with Crippen LogP contribution >= 0.6 is 0 Å². The van der Waals surface area contributed by atoms with Crippen molar-refractivity contribution in [3.63, 3.8) is 0 Å². The summed E-state index contributed by atoms with van der Waals surface area (Å²) >= 11 is 0. The maximum atomic E-state index is 13.1. The van der Waals surface area contributed by atoms with E-state index in [0.717, 1.165) is 69.8 Å². The molecule has 3 aliphatic rings. The maximum absolute atomic E-state index is 13.1. The fourth-order valence-corrected chi connectivity index (χ4v) is 6.07. The van der Waals surface area contributed by atoms with Crippen molar-refractivity contribution >= 4 is 5.91 Å². The van der Waals surface area contributed by atoms with Gasteiger partial charge in [0.15, 0.2) is 11.5 Å². The highest BCUT2D eigenvalue weighted by Crippen LogP contribution is 2.42. The zero-order valence-electron chi connectivity index (χ0n) is 20.5. The minimum atomic E-state index is 0.201. The predicted molar refractivity (Wildman–Crippen MR) is 133 cm³/mol. The topological polar surface area (TPSA) is 54.0 Å². The Bertz CT molecular complexity index is 996. The number of methoxy groups -OCH3 is 2. The van der Waals surface area contributed by atoms with Crippen LogP contribution in [0.5, 0.6) is 11.5 Å². The molecule has 2 saturated heterocycles. The van der Waals surface area contributed by atoms with E-state index in [1.807, 2.05) is 0 Å². The second-order valence-electron chi connectivity index (χ2n) is 9.84. The van der Waals surface area contributed by atoms with Crippen LogP contribution in [-0.4, -0.2) is 61.6 Å². The van der Waals surface area contributed by atoms with Crippen LogP contribution < -0.4 is 14.8 Å². The molecule has 0 aromatic heterocycles. The van der Waals surface area contributed by atoms with Crippen LogP contribution in [0.25, 0.3) is 0 Å². The third-order valence-corrected chi connectivity index (χ3v) is 7.90. The molecular formula is C28H37N3O3. The lowest BCUT2D eigenvalue weighted by Gasteiger charge is -2.50. The van der Waals surface area contributed by atoms with Gasteiger partial charge in [0.25, 0.3) is 0 Å². The summed E-state index contributed by atoms with van der Waals surface area (Å²) < 4.78 is 11.2. The molecule has 0 saturated carbocycles. The van der Waals surface area contributed by atoms with Gasteiger partial charge in [-0.2, -0.15) is 0 Å². The lowest BCUT2D eigenvalue weighted by Crippen LogP contribution is -2.62. The summed E-state index contributed by atoms with van der Waals surface area (Å²) in [6, 6.07) is 15.7. The molecule has 0 bridgehead atoms. The van der Waals surface area contributed by atoms with Gasteiger partial charge in [-0.05, 0) is 54.5 Å². The number of nitrogens with zero attached hydrogens (tertiary/aromatic N) is 2. The van der Waals surface area contributed by atoms with Crippen molar-refractivity contribution in [3.8, 4) is 11.5 Å². The summed E-state index contributed by atoms with van der Waals surface area (Å²) in [6.07, 6.45) is 5.94. The molecular weight excluding hydrogens is 426 g/mol. The third-order valence-electron chi connectivity index (χ3n) is 7.90. The lowest BCUT2D eigenvalue weighted by molar-refractivity contribution is -0.135. The molecule has 34 heavy (non-hydrogen) atoms. The smallest absolute Gasteiger partial charge is 0.222 e. The van der Waals surface area contributed by atoms with E-state index >= 15 is 0 Å². The van der Waals surface area contributed by atoms with Crippen LogP contribution in [0.15, 0.2) is 42.5 Å². The molecule has 0 spiro atoms. The number of fused-ring (bicyclic) bond motifs is 3. The lowest BCUT2D eigenvalue weighted by atomic mass is 9.82. The van der Waals surface area contributed by atoms with Gasteiger partial charge in [0.1, 0.15) is 0 Å². The molecule has 2 aromatic carbocycles. The monoisotopic (exact) mass is 463 g/mol. The van der Waals surface area contributed by atoms with Gasteiger partial charge in [-0.25, -0.2) is 0 Å². The number of likely N-dealkylation sites (tertiary alicyclic amines) is 1. The van der Waals surface area contributed by atoms with Crippen molar-refractivity contribution in [2.45, 2.75) is 63.2 Å². The SMILES string of the molecule is COc1cc2c(cc1OC)C1CC(NCc3ccccc3)C(N3CCCCCC3=O)CN1CC2. The van der Waals surface area contributed by atoms with Gasteiger partial charge in [0, 0.05) is 44.7 Å². The summed E-state index contributed by atoms with van der Waals surface area (Å²) in [5.41, 5.74) is 3.97. The second kappa shape index (κ2) is 10.4. The number of rotatable bonds is 6. The van der Waals surface area contributed by atoms with E-state index in [4.69, 9.17) is 9.47 Å². The van der Waals surface area contributed by atoms with Crippen molar-refractivity contribution in [1.82, 2.24) is 15.1 Å². The Morgan fingerprint density at radius 2 is 1.76 bits per heavy atom. The Kier molecular flexibility index (Phi) is 7.07. The number of hydrogen-bond donors (Lipinski definition) is 1. The van der Waals surface area contributed by atoms with E-state index in [9.17, 15) is 4.79 Å². The van der Waals surface area contributed by atoms with Crippen LogP contribution in [-0.2, 0) is 17.8 Å². The summed E-state index contributed by atoms with van der Waals surface area (Å²) in [6.45, 7) is 3.62. The predicted octanol–water partition coefficient (Wildman–Crippen LogP) is 3.94. The average molecular weight is 464 g/mol. The zero-order chi connectivity index (χ0) is 23.5. The highest BCUT2D eigenvalue weighted by Gasteiger charge is 2.42. The van der Waals surface area contributed by atoms with Gasteiger partial charge >= 0.3 is 0 Å². The molecule has 6 nitrogen and oxygen atoms in total. The van der Waals surface area contributed by atoms with Crippen LogP contribution in [0.1, 0.15) is 54.8 Å². The summed E-state index contributed by atoms with van der Waals surface area (Å²) in [4.78, 5) is 17.9. The van der Waals surface area contributed by atoms with Crippen molar-refractivity contribution < 1.29 is 14.3 Å². The van der Waals surface area contributed by atoms with Crippen LogP contribution in [0.2, 0.25) is 0 Å². The van der Waals surface area contributed by atoms with Gasteiger partial charge < -0.3 is 19.7 Å². The maximum Gasteiger partial charge on any atom is 0.222 e. The minimum absolute atomic E-state index is 0.201. The third kappa shape index (κ3) is 4.66. The Balaban J connectivity index is 1.44. The Hall–Kier alpha value is -2.57. The number of nitrogens with one attached hydrogen (secondary N) is 1. The van der Waals surface area contributed by atoms with Crippen molar-refractivity contribution in [3.05, 3.63) is 59.2 Å². The quantitative estimate of drug-likeness (QED) is 0.703. The zero-order valence-corrected chi connectivity index (χ0v) is 20.5. The molecule has 3 heterocycles. The number of ether oxygens (including phenoxy) is 2. The highest BCUT2D eigenvalue weighted by atomic mass is 16.5. The van der Waals surface area contributed by atoms with Gasteiger partial charge in [0.05, 0.1) is 20.3 Å². The fourth-order valence-electron chi connectivity index (χ4n) is 6.07. The number of piperidine rings is 1. The van der Waals surface area contributed by atoms with E-state index in [0.29, 0.717) is 18.4 Å². The van der Waals surface area contributed by atoms with Crippen molar-refractivity contribution in [1.29, 1.82) is 0 Å². The van der Waals surface area contributed by atoms with E-state index in [2.05, 4.69) is 57.6 Å². The molecule has 3 atom stereocenters. The molecule has 1 N–H and O–H groups in total. The van der Waals surface area contributed by atoms with Crippen LogP contribution in [0.3, 0.4) is 0 Å². The molecule has 182 valence electrons. The second-order valence-corrected chi connectivity index (χ2v) is 9.84. The first-order valence-corrected chi connectivity index (χ1v) is 12.7. The first kappa shape index (κ1) is 23.2. The van der Waals surface area contributed by atoms with Crippen molar-refractivity contribution in [2.24, 2.45) is 0 Å². The molecule has 0 aliphatic carbocycles. The molecule has 1 amide bonds. The average Bonchev–Trinajstić information content (AvgIpc) is 3.10. The minimum Gasteiger partial charge on any atom is -0.493 e. The molecule has 3 unspecified atom stereocenters. The number of carbonyl (C=O) groups is 1. The largest absolute Gasteiger partial charge is 0.493 e. The number of carbonyl (C=O) groups excluding carboxylic acids is 1. The molecule has 5 rings (SSSR count).